The number of carbonyl (C=O) groups is 2. The lowest BCUT2D eigenvalue weighted by atomic mass is 10.1. The second-order valence-corrected chi connectivity index (χ2v) is 7.89. The maximum atomic E-state index is 13.8. The number of nitrogens with zero attached hydrogens (tertiary/aromatic N) is 3. The molecule has 0 unspecified atom stereocenters. The Hall–Kier alpha value is -3.46. The Labute approximate surface area is 190 Å². The molecule has 1 heterocycles. The highest BCUT2D eigenvalue weighted by Crippen LogP contribution is 2.18. The van der Waals surface area contributed by atoms with E-state index in [9.17, 15) is 14.0 Å². The molecule has 7 nitrogen and oxygen atoms in total. The van der Waals surface area contributed by atoms with Crippen LogP contribution in [0.1, 0.15) is 34.7 Å². The number of aromatic nitrogens is 3. The van der Waals surface area contributed by atoms with E-state index < -0.39 is 11.7 Å². The fraction of sp³-hybridized carbons (Fsp3) is 0.217. The first-order valence-electron chi connectivity index (χ1n) is 10.0. The number of rotatable bonds is 10. The van der Waals surface area contributed by atoms with Gasteiger partial charge in [-0.25, -0.2) is 4.39 Å². The lowest BCUT2D eigenvalue weighted by molar-refractivity contribution is -0.119. The first-order valence-corrected chi connectivity index (χ1v) is 11.0. The number of benzene rings is 2. The predicted octanol–water partition coefficient (Wildman–Crippen LogP) is 3.50. The number of amides is 2. The second kappa shape index (κ2) is 11.2. The van der Waals surface area contributed by atoms with Crippen LogP contribution in [-0.4, -0.2) is 32.3 Å². The van der Waals surface area contributed by atoms with Gasteiger partial charge >= 0.3 is 0 Å². The lowest BCUT2D eigenvalue weighted by Crippen LogP contribution is -2.28. The minimum Gasteiger partial charge on any atom is -0.349 e. The summed E-state index contributed by atoms with van der Waals surface area (Å²) in [6.45, 7) is 6.13. The molecule has 2 N–H and O–H groups in total. The van der Waals surface area contributed by atoms with Crippen LogP contribution >= 0.6 is 11.8 Å². The largest absolute Gasteiger partial charge is 0.349 e. The smallest absolute Gasteiger partial charge is 0.254 e. The predicted molar refractivity (Wildman–Crippen MR) is 122 cm³/mol. The third-order valence-corrected chi connectivity index (χ3v) is 5.61. The van der Waals surface area contributed by atoms with Crippen LogP contribution in [0, 0.1) is 5.82 Å². The summed E-state index contributed by atoms with van der Waals surface area (Å²) in [6.07, 6.45) is 1.67. The first kappa shape index (κ1) is 23.2. The van der Waals surface area contributed by atoms with E-state index in [1.807, 2.05) is 37.3 Å². The first-order chi connectivity index (χ1) is 15.5. The van der Waals surface area contributed by atoms with E-state index in [2.05, 4.69) is 27.4 Å². The molecule has 9 heteroatoms. The van der Waals surface area contributed by atoms with Gasteiger partial charge in [0.2, 0.25) is 5.91 Å². The van der Waals surface area contributed by atoms with Gasteiger partial charge in [-0.15, -0.1) is 16.8 Å². The molecule has 3 aromatic rings. The average molecular weight is 454 g/mol. The van der Waals surface area contributed by atoms with Gasteiger partial charge in [0.15, 0.2) is 11.0 Å². The van der Waals surface area contributed by atoms with Crippen molar-refractivity contribution < 1.29 is 14.0 Å². The van der Waals surface area contributed by atoms with E-state index in [1.165, 1.54) is 30.0 Å². The zero-order valence-electron chi connectivity index (χ0n) is 17.6. The van der Waals surface area contributed by atoms with Crippen molar-refractivity contribution in [3.63, 3.8) is 0 Å². The molecule has 0 saturated heterocycles. The Morgan fingerprint density at radius 3 is 2.59 bits per heavy atom. The number of carbonyl (C=O) groups excluding carboxylic acids is 2. The van der Waals surface area contributed by atoms with Gasteiger partial charge in [-0.05, 0) is 24.6 Å². The molecule has 0 bridgehead atoms. The average Bonchev–Trinajstić information content (AvgIpc) is 3.18. The van der Waals surface area contributed by atoms with Crippen LogP contribution in [0.4, 0.5) is 4.39 Å². The van der Waals surface area contributed by atoms with E-state index in [0.717, 1.165) is 5.56 Å². The quantitative estimate of drug-likeness (QED) is 0.362. The van der Waals surface area contributed by atoms with Gasteiger partial charge in [-0.2, -0.15) is 0 Å². The highest BCUT2D eigenvalue weighted by atomic mass is 32.2. The third-order valence-electron chi connectivity index (χ3n) is 4.64. The van der Waals surface area contributed by atoms with Gasteiger partial charge in [0.05, 0.1) is 23.9 Å². The van der Waals surface area contributed by atoms with Crippen LogP contribution in [0.25, 0.3) is 0 Å². The Morgan fingerprint density at radius 1 is 1.16 bits per heavy atom. The van der Waals surface area contributed by atoms with Crippen molar-refractivity contribution in [2.45, 2.75) is 31.2 Å². The zero-order valence-corrected chi connectivity index (χ0v) is 18.4. The normalized spacial score (nSPS) is 11.6. The zero-order chi connectivity index (χ0) is 22.9. The Kier molecular flexibility index (Phi) is 8.15. The van der Waals surface area contributed by atoms with Crippen LogP contribution in [-0.2, 0) is 17.9 Å². The number of nitrogens with one attached hydrogen (secondary N) is 2. The van der Waals surface area contributed by atoms with Crippen molar-refractivity contribution in [2.75, 3.05) is 5.75 Å². The van der Waals surface area contributed by atoms with Gasteiger partial charge in [0.1, 0.15) is 5.82 Å². The van der Waals surface area contributed by atoms with Gasteiger partial charge in [0, 0.05) is 6.54 Å². The summed E-state index contributed by atoms with van der Waals surface area (Å²) in [5, 5.41) is 14.4. The molecule has 0 aliphatic heterocycles. The van der Waals surface area contributed by atoms with Crippen molar-refractivity contribution in [1.29, 1.82) is 0 Å². The van der Waals surface area contributed by atoms with Crippen LogP contribution in [0.15, 0.2) is 72.4 Å². The van der Waals surface area contributed by atoms with Crippen LogP contribution in [0.2, 0.25) is 0 Å². The maximum Gasteiger partial charge on any atom is 0.254 e. The minimum atomic E-state index is -0.593. The molecule has 3 rings (SSSR count). The van der Waals surface area contributed by atoms with Crippen LogP contribution in [0.3, 0.4) is 0 Å². The highest BCUT2D eigenvalue weighted by molar-refractivity contribution is 7.99. The molecule has 0 radical (unpaired) electrons. The summed E-state index contributed by atoms with van der Waals surface area (Å²) in [5.41, 5.74) is 0.981. The van der Waals surface area contributed by atoms with E-state index in [4.69, 9.17) is 0 Å². The van der Waals surface area contributed by atoms with E-state index in [0.29, 0.717) is 17.5 Å². The molecule has 1 atom stereocenters. The second-order valence-electron chi connectivity index (χ2n) is 6.95. The van der Waals surface area contributed by atoms with Crippen LogP contribution in [0.5, 0.6) is 0 Å². The summed E-state index contributed by atoms with van der Waals surface area (Å²) >= 11 is 1.24. The summed E-state index contributed by atoms with van der Waals surface area (Å²) in [4.78, 5) is 24.6. The Bertz CT molecular complexity index is 1090. The molecule has 0 aliphatic rings. The monoisotopic (exact) mass is 453 g/mol. The Balaban J connectivity index is 1.59. The molecule has 0 saturated carbocycles. The van der Waals surface area contributed by atoms with Crippen molar-refractivity contribution >= 4 is 23.6 Å². The molecular weight excluding hydrogens is 429 g/mol. The number of hydrogen-bond donors (Lipinski definition) is 2. The summed E-state index contributed by atoms with van der Waals surface area (Å²) in [6, 6.07) is 15.3. The number of allylic oxidation sites excluding steroid dienone is 1. The van der Waals surface area contributed by atoms with E-state index in [-0.39, 0.29) is 29.8 Å². The van der Waals surface area contributed by atoms with Gasteiger partial charge in [0.25, 0.3) is 5.91 Å². The molecular formula is C23H24FN5O2S. The molecule has 2 aromatic carbocycles. The number of halogens is 1. The van der Waals surface area contributed by atoms with Gasteiger partial charge in [-0.3, -0.25) is 9.59 Å². The van der Waals surface area contributed by atoms with E-state index >= 15 is 0 Å². The lowest BCUT2D eigenvalue weighted by Gasteiger charge is -2.14. The molecule has 0 spiro atoms. The third kappa shape index (κ3) is 6.04. The van der Waals surface area contributed by atoms with E-state index in [1.54, 1.807) is 16.7 Å². The van der Waals surface area contributed by atoms with Gasteiger partial charge in [-0.1, -0.05) is 60.3 Å². The van der Waals surface area contributed by atoms with Crippen molar-refractivity contribution in [3.05, 3.63) is 90.0 Å². The topological polar surface area (TPSA) is 88.9 Å². The fourth-order valence-electron chi connectivity index (χ4n) is 3.01. The summed E-state index contributed by atoms with van der Waals surface area (Å²) < 4.78 is 15.6. The molecule has 1 aromatic heterocycles. The minimum absolute atomic E-state index is 0.0407. The summed E-state index contributed by atoms with van der Waals surface area (Å²) in [7, 11) is 0. The van der Waals surface area contributed by atoms with Gasteiger partial charge < -0.3 is 15.2 Å². The maximum absolute atomic E-state index is 13.8. The SMILES string of the molecule is C=CCn1c(CNC(=O)c2ccccc2F)nnc1SCC(=O)N[C@@H](C)c1ccccc1. The van der Waals surface area contributed by atoms with Crippen molar-refractivity contribution in [3.8, 4) is 0 Å². The number of thioether (sulfide) groups is 1. The van der Waals surface area contributed by atoms with Crippen molar-refractivity contribution in [2.24, 2.45) is 0 Å². The van der Waals surface area contributed by atoms with Crippen LogP contribution < -0.4 is 10.6 Å². The van der Waals surface area contributed by atoms with Crippen molar-refractivity contribution in [1.82, 2.24) is 25.4 Å². The standard InChI is InChI=1S/C23H24FN5O2S/c1-3-13-29-20(14-25-22(31)18-11-7-8-12-19(18)24)27-28-23(29)32-15-21(30)26-16(2)17-9-5-4-6-10-17/h3-12,16H,1,13-15H2,2H3,(H,25,31)(H,26,30)/t16-/m0/s1. The highest BCUT2D eigenvalue weighted by Gasteiger charge is 2.17. The molecule has 0 aliphatic carbocycles. The molecule has 166 valence electrons. The summed E-state index contributed by atoms with van der Waals surface area (Å²) in [5.74, 6) is -0.623. The Morgan fingerprint density at radius 2 is 1.88 bits per heavy atom. The fourth-order valence-corrected chi connectivity index (χ4v) is 3.79. The number of hydrogen-bond acceptors (Lipinski definition) is 5. The molecule has 2 amide bonds. The molecule has 0 fully saturated rings. The molecule has 32 heavy (non-hydrogen) atoms.